The zero-order valence-corrected chi connectivity index (χ0v) is 19.8. The summed E-state index contributed by atoms with van der Waals surface area (Å²) in [7, 11) is 1.33. The Labute approximate surface area is 184 Å². The van der Waals surface area contributed by atoms with Crippen LogP contribution < -0.4 is 10.1 Å². The molecule has 5 nitrogen and oxygen atoms in total. The van der Waals surface area contributed by atoms with Crippen LogP contribution in [0.15, 0.2) is 24.3 Å². The molecular formula is C21H26INO4S. The molecule has 0 aliphatic rings. The largest absolute Gasteiger partial charge is 0.485 e. The quantitative estimate of drug-likeness (QED) is 0.396. The number of rotatable bonds is 8. The molecule has 2 rings (SSSR count). The number of thiophene rings is 1. The van der Waals surface area contributed by atoms with Crippen molar-refractivity contribution in [1.82, 2.24) is 5.32 Å². The van der Waals surface area contributed by atoms with Crippen LogP contribution in [0.4, 0.5) is 0 Å². The number of halogens is 1. The van der Waals surface area contributed by atoms with Crippen LogP contribution in [0.25, 0.3) is 0 Å². The van der Waals surface area contributed by atoms with Crippen molar-refractivity contribution in [1.29, 1.82) is 0 Å². The van der Waals surface area contributed by atoms with Crippen molar-refractivity contribution in [2.24, 2.45) is 5.92 Å². The first kappa shape index (κ1) is 22.7. The highest BCUT2D eigenvalue weighted by molar-refractivity contribution is 14.1. The Balaban J connectivity index is 2.11. The van der Waals surface area contributed by atoms with Gasteiger partial charge in [0, 0.05) is 15.0 Å². The Morgan fingerprint density at radius 2 is 1.82 bits per heavy atom. The normalized spacial score (nSPS) is 12.0. The van der Waals surface area contributed by atoms with Crippen LogP contribution in [0.1, 0.15) is 52.0 Å². The van der Waals surface area contributed by atoms with E-state index in [9.17, 15) is 9.59 Å². The first-order valence-electron chi connectivity index (χ1n) is 9.11. The average Bonchev–Trinajstić information content (AvgIpc) is 3.13. The van der Waals surface area contributed by atoms with Gasteiger partial charge in [0.15, 0.2) is 0 Å². The number of aryl methyl sites for hydroxylation is 2. The zero-order valence-electron chi connectivity index (χ0n) is 16.8. The maximum atomic E-state index is 12.3. The molecule has 0 saturated carbocycles. The van der Waals surface area contributed by atoms with Gasteiger partial charge in [0.2, 0.25) is 0 Å². The van der Waals surface area contributed by atoms with Crippen LogP contribution in [0.3, 0.4) is 0 Å². The van der Waals surface area contributed by atoms with Gasteiger partial charge in [-0.2, -0.15) is 0 Å². The second-order valence-electron chi connectivity index (χ2n) is 6.94. The third-order valence-corrected chi connectivity index (χ3v) is 7.10. The average molecular weight is 515 g/mol. The maximum Gasteiger partial charge on any atom is 0.307 e. The Morgan fingerprint density at radius 3 is 2.39 bits per heavy atom. The van der Waals surface area contributed by atoms with Crippen molar-refractivity contribution < 1.29 is 19.1 Å². The van der Waals surface area contributed by atoms with Crippen molar-refractivity contribution in [3.63, 3.8) is 0 Å². The molecular weight excluding hydrogens is 489 g/mol. The number of methoxy groups -OCH3 is 1. The Hall–Kier alpha value is -1.61. The van der Waals surface area contributed by atoms with Crippen LogP contribution in [0.2, 0.25) is 0 Å². The molecule has 0 spiro atoms. The molecule has 28 heavy (non-hydrogen) atoms. The Bertz CT molecular complexity index is 824. The number of ether oxygens (including phenoxy) is 2. The lowest BCUT2D eigenvalue weighted by Crippen LogP contribution is -2.25. The molecule has 0 bridgehead atoms. The summed E-state index contributed by atoms with van der Waals surface area (Å²) in [5.41, 5.74) is 2.38. The number of esters is 1. The summed E-state index contributed by atoms with van der Waals surface area (Å²) < 4.78 is 12.1. The number of hydrogen-bond acceptors (Lipinski definition) is 5. The number of carbonyl (C=O) groups excluding carboxylic acids is 2. The summed E-state index contributed by atoms with van der Waals surface area (Å²) in [6.45, 7) is 8.62. The van der Waals surface area contributed by atoms with E-state index in [1.807, 2.05) is 6.07 Å². The predicted molar refractivity (Wildman–Crippen MR) is 120 cm³/mol. The highest BCUT2D eigenvalue weighted by Gasteiger charge is 2.22. The van der Waals surface area contributed by atoms with Gasteiger partial charge in [-0.05, 0) is 77.7 Å². The second kappa shape index (κ2) is 10.2. The molecule has 0 saturated heterocycles. The Morgan fingerprint density at radius 1 is 1.18 bits per heavy atom. The standard InChI is InChI=1S/C21H26INO4S/c1-12(2)20(27-15-10-13(3)19(22)14(4)11-15)16-6-7-17(28-16)21(25)23-9-8-18(24)26-5/h6-7,10-12,20H,8-9H2,1-5H3,(H,23,25). The van der Waals surface area contributed by atoms with Crippen LogP contribution >= 0.6 is 33.9 Å². The molecule has 1 aromatic heterocycles. The molecule has 0 aliphatic carbocycles. The zero-order chi connectivity index (χ0) is 20.8. The van der Waals surface area contributed by atoms with Crippen LogP contribution in [0, 0.1) is 23.3 Å². The minimum absolute atomic E-state index is 0.138. The predicted octanol–water partition coefficient (Wildman–Crippen LogP) is 5.04. The number of amides is 1. The maximum absolute atomic E-state index is 12.3. The molecule has 7 heteroatoms. The summed E-state index contributed by atoms with van der Waals surface area (Å²) in [4.78, 5) is 25.1. The van der Waals surface area contributed by atoms with Crippen molar-refractivity contribution in [2.45, 2.75) is 40.2 Å². The second-order valence-corrected chi connectivity index (χ2v) is 9.13. The van der Waals surface area contributed by atoms with E-state index in [1.165, 1.54) is 33.1 Å². The van der Waals surface area contributed by atoms with E-state index in [2.05, 4.69) is 72.5 Å². The Kier molecular flexibility index (Phi) is 8.30. The van der Waals surface area contributed by atoms with E-state index in [-0.39, 0.29) is 36.9 Å². The summed E-state index contributed by atoms with van der Waals surface area (Å²) >= 11 is 3.76. The molecule has 1 unspecified atom stereocenters. The van der Waals surface area contributed by atoms with E-state index in [1.54, 1.807) is 6.07 Å². The minimum atomic E-state index is -0.344. The molecule has 1 N–H and O–H groups in total. The number of benzene rings is 1. The fraction of sp³-hybridized carbons (Fsp3) is 0.429. The molecule has 2 aromatic rings. The van der Waals surface area contributed by atoms with Gasteiger partial charge >= 0.3 is 5.97 Å². The smallest absolute Gasteiger partial charge is 0.307 e. The van der Waals surface area contributed by atoms with Crippen molar-refractivity contribution in [2.75, 3.05) is 13.7 Å². The first-order chi connectivity index (χ1) is 13.2. The van der Waals surface area contributed by atoms with Crippen molar-refractivity contribution in [3.8, 4) is 5.75 Å². The topological polar surface area (TPSA) is 64.6 Å². The van der Waals surface area contributed by atoms with Gasteiger partial charge in [-0.1, -0.05) is 13.8 Å². The fourth-order valence-electron chi connectivity index (χ4n) is 2.74. The highest BCUT2D eigenvalue weighted by Crippen LogP contribution is 2.34. The van der Waals surface area contributed by atoms with Crippen LogP contribution in [0.5, 0.6) is 5.75 Å². The SMILES string of the molecule is COC(=O)CCNC(=O)c1ccc(C(Oc2cc(C)c(I)c(C)c2)C(C)C)s1. The fourth-order valence-corrected chi connectivity index (χ4v) is 4.18. The lowest BCUT2D eigenvalue weighted by atomic mass is 10.1. The minimum Gasteiger partial charge on any atom is -0.485 e. The van der Waals surface area contributed by atoms with E-state index in [4.69, 9.17) is 4.74 Å². The lowest BCUT2D eigenvalue weighted by molar-refractivity contribution is -0.140. The van der Waals surface area contributed by atoms with E-state index in [0.717, 1.165) is 10.6 Å². The van der Waals surface area contributed by atoms with Crippen LogP contribution in [-0.4, -0.2) is 25.5 Å². The molecule has 0 aliphatic heterocycles. The number of carbonyl (C=O) groups is 2. The molecule has 1 atom stereocenters. The summed E-state index contributed by atoms with van der Waals surface area (Å²) in [5.74, 6) is 0.549. The van der Waals surface area contributed by atoms with Gasteiger partial charge in [-0.15, -0.1) is 11.3 Å². The number of hydrogen-bond donors (Lipinski definition) is 1. The van der Waals surface area contributed by atoms with Gasteiger partial charge in [0.05, 0.1) is 18.4 Å². The van der Waals surface area contributed by atoms with Crippen LogP contribution in [-0.2, 0) is 9.53 Å². The van der Waals surface area contributed by atoms with E-state index >= 15 is 0 Å². The van der Waals surface area contributed by atoms with Gasteiger partial charge < -0.3 is 14.8 Å². The summed E-state index contributed by atoms with van der Waals surface area (Å²) in [5, 5.41) is 2.75. The van der Waals surface area contributed by atoms with Gasteiger partial charge in [-0.3, -0.25) is 9.59 Å². The summed E-state index contributed by atoms with van der Waals surface area (Å²) in [6, 6.07) is 7.85. The molecule has 1 aromatic carbocycles. The molecule has 152 valence electrons. The third-order valence-electron chi connectivity index (χ3n) is 4.25. The third kappa shape index (κ3) is 5.94. The van der Waals surface area contributed by atoms with E-state index in [0.29, 0.717) is 4.88 Å². The lowest BCUT2D eigenvalue weighted by Gasteiger charge is -2.22. The highest BCUT2D eigenvalue weighted by atomic mass is 127. The molecule has 0 radical (unpaired) electrons. The van der Waals surface area contributed by atoms with Crippen molar-refractivity contribution >= 4 is 45.8 Å². The van der Waals surface area contributed by atoms with Gasteiger partial charge in [-0.25, -0.2) is 0 Å². The van der Waals surface area contributed by atoms with E-state index < -0.39 is 0 Å². The molecule has 0 fully saturated rings. The van der Waals surface area contributed by atoms with Crippen molar-refractivity contribution in [3.05, 3.63) is 48.7 Å². The monoisotopic (exact) mass is 515 g/mol. The number of nitrogens with one attached hydrogen (secondary N) is 1. The molecule has 1 amide bonds. The van der Waals surface area contributed by atoms with Gasteiger partial charge in [0.25, 0.3) is 5.91 Å². The molecule has 1 heterocycles. The summed E-state index contributed by atoms with van der Waals surface area (Å²) in [6.07, 6.45) is 0.0180. The first-order valence-corrected chi connectivity index (χ1v) is 11.0. The van der Waals surface area contributed by atoms with Gasteiger partial charge in [0.1, 0.15) is 11.9 Å².